The largest absolute Gasteiger partial charge is 0.441 e. The molecule has 1 fully saturated rings. The highest BCUT2D eigenvalue weighted by Gasteiger charge is 2.31. The standard InChI is InChI=1S/C23H23N3O3/c1-16-20(25-22(29-16)17-9-4-2-5-10-17)23(28)26-14-8-11-18(15-26)21(27)24-19-12-6-3-7-13-19/h2-7,9-10,12-13,18H,8,11,14-15H2,1H3,(H,24,27). The predicted molar refractivity (Wildman–Crippen MR) is 110 cm³/mol. The van der Waals surface area contributed by atoms with Crippen LogP contribution in [-0.2, 0) is 4.79 Å². The normalized spacial score (nSPS) is 16.4. The van der Waals surface area contributed by atoms with Gasteiger partial charge in [0.2, 0.25) is 11.8 Å². The zero-order valence-electron chi connectivity index (χ0n) is 16.3. The first-order chi connectivity index (χ1) is 14.1. The number of nitrogens with one attached hydrogen (secondary N) is 1. The Morgan fingerprint density at radius 3 is 2.48 bits per heavy atom. The van der Waals surface area contributed by atoms with Crippen LogP contribution in [0, 0.1) is 12.8 Å². The average molecular weight is 389 g/mol. The van der Waals surface area contributed by atoms with E-state index in [1.807, 2.05) is 60.7 Å². The van der Waals surface area contributed by atoms with Gasteiger partial charge in [-0.1, -0.05) is 36.4 Å². The van der Waals surface area contributed by atoms with Crippen molar-refractivity contribution in [1.29, 1.82) is 0 Å². The summed E-state index contributed by atoms with van der Waals surface area (Å²) < 4.78 is 5.73. The lowest BCUT2D eigenvalue weighted by molar-refractivity contribution is -0.121. The van der Waals surface area contributed by atoms with Crippen molar-refractivity contribution < 1.29 is 14.0 Å². The van der Waals surface area contributed by atoms with Crippen LogP contribution < -0.4 is 5.32 Å². The lowest BCUT2D eigenvalue weighted by atomic mass is 9.96. The summed E-state index contributed by atoms with van der Waals surface area (Å²) in [5, 5.41) is 2.94. The number of aromatic nitrogens is 1. The highest BCUT2D eigenvalue weighted by molar-refractivity contribution is 5.96. The molecule has 0 radical (unpaired) electrons. The molecule has 29 heavy (non-hydrogen) atoms. The second-order valence-corrected chi connectivity index (χ2v) is 7.24. The SMILES string of the molecule is Cc1oc(-c2ccccc2)nc1C(=O)N1CCCC(C(=O)Nc2ccccc2)C1. The third-order valence-corrected chi connectivity index (χ3v) is 5.14. The van der Waals surface area contributed by atoms with E-state index in [1.165, 1.54) is 0 Å². The van der Waals surface area contributed by atoms with Crippen LogP contribution in [0.4, 0.5) is 5.69 Å². The Balaban J connectivity index is 1.46. The van der Waals surface area contributed by atoms with Gasteiger partial charge in [0.1, 0.15) is 5.76 Å². The molecular weight excluding hydrogens is 366 g/mol. The summed E-state index contributed by atoms with van der Waals surface area (Å²) in [5.74, 6) is 0.432. The molecule has 6 nitrogen and oxygen atoms in total. The molecule has 1 atom stereocenters. The molecule has 1 aliphatic heterocycles. The van der Waals surface area contributed by atoms with E-state index in [1.54, 1.807) is 11.8 Å². The number of piperidine rings is 1. The summed E-state index contributed by atoms with van der Waals surface area (Å²) in [6.07, 6.45) is 1.54. The van der Waals surface area contributed by atoms with Crippen molar-refractivity contribution in [2.75, 3.05) is 18.4 Å². The Kier molecular flexibility index (Phi) is 5.42. The molecule has 0 bridgehead atoms. The first kappa shape index (κ1) is 18.9. The predicted octanol–water partition coefficient (Wildman–Crippen LogP) is 4.14. The number of carbonyl (C=O) groups excluding carboxylic acids is 2. The molecule has 0 saturated carbocycles. The topological polar surface area (TPSA) is 75.4 Å². The van der Waals surface area contributed by atoms with Crippen LogP contribution in [0.25, 0.3) is 11.5 Å². The smallest absolute Gasteiger partial charge is 0.276 e. The number of amides is 2. The van der Waals surface area contributed by atoms with Crippen LogP contribution in [-0.4, -0.2) is 34.8 Å². The van der Waals surface area contributed by atoms with Crippen molar-refractivity contribution in [3.63, 3.8) is 0 Å². The van der Waals surface area contributed by atoms with Crippen molar-refractivity contribution >= 4 is 17.5 Å². The summed E-state index contributed by atoms with van der Waals surface area (Å²) in [7, 11) is 0. The number of para-hydroxylation sites is 1. The van der Waals surface area contributed by atoms with Gasteiger partial charge >= 0.3 is 0 Å². The number of nitrogens with zero attached hydrogens (tertiary/aromatic N) is 2. The number of likely N-dealkylation sites (tertiary alicyclic amines) is 1. The van der Waals surface area contributed by atoms with Crippen molar-refractivity contribution in [2.45, 2.75) is 19.8 Å². The Morgan fingerprint density at radius 1 is 1.07 bits per heavy atom. The molecule has 2 heterocycles. The number of oxazole rings is 1. The molecule has 2 amide bonds. The third-order valence-electron chi connectivity index (χ3n) is 5.14. The van der Waals surface area contributed by atoms with Crippen LogP contribution in [0.15, 0.2) is 65.1 Å². The lowest BCUT2D eigenvalue weighted by Crippen LogP contribution is -2.44. The number of aryl methyl sites for hydroxylation is 1. The number of carbonyl (C=O) groups is 2. The van der Waals surface area contributed by atoms with E-state index in [4.69, 9.17) is 4.42 Å². The quantitative estimate of drug-likeness (QED) is 0.728. The van der Waals surface area contributed by atoms with Gasteiger partial charge in [-0.15, -0.1) is 0 Å². The van der Waals surface area contributed by atoms with E-state index in [2.05, 4.69) is 10.3 Å². The van der Waals surface area contributed by atoms with Crippen LogP contribution in [0.3, 0.4) is 0 Å². The molecule has 1 aromatic heterocycles. The second-order valence-electron chi connectivity index (χ2n) is 7.24. The molecule has 0 spiro atoms. The van der Waals surface area contributed by atoms with E-state index in [-0.39, 0.29) is 17.7 Å². The molecule has 1 N–H and O–H groups in total. The first-order valence-corrected chi connectivity index (χ1v) is 9.80. The number of rotatable bonds is 4. The summed E-state index contributed by atoms with van der Waals surface area (Å²) in [5.41, 5.74) is 1.90. The molecule has 148 valence electrons. The molecule has 1 unspecified atom stereocenters. The monoisotopic (exact) mass is 389 g/mol. The van der Waals surface area contributed by atoms with Crippen molar-refractivity contribution in [3.05, 3.63) is 72.1 Å². The minimum absolute atomic E-state index is 0.0597. The van der Waals surface area contributed by atoms with Gasteiger partial charge in [0.15, 0.2) is 5.69 Å². The third kappa shape index (κ3) is 4.21. The van der Waals surface area contributed by atoms with Crippen LogP contribution in [0.1, 0.15) is 29.1 Å². The Morgan fingerprint density at radius 2 is 1.76 bits per heavy atom. The molecule has 4 rings (SSSR count). The Labute approximate surface area is 169 Å². The molecule has 2 aromatic carbocycles. The van der Waals surface area contributed by atoms with Crippen molar-refractivity contribution in [1.82, 2.24) is 9.88 Å². The van der Waals surface area contributed by atoms with Crippen LogP contribution >= 0.6 is 0 Å². The fourth-order valence-corrected chi connectivity index (χ4v) is 3.59. The summed E-state index contributed by atoms with van der Waals surface area (Å²) >= 11 is 0. The second kappa shape index (κ2) is 8.31. The van der Waals surface area contributed by atoms with Gasteiger partial charge in [0.25, 0.3) is 5.91 Å². The number of hydrogen-bond acceptors (Lipinski definition) is 4. The van der Waals surface area contributed by atoms with Gasteiger partial charge in [-0.05, 0) is 44.0 Å². The van der Waals surface area contributed by atoms with Crippen molar-refractivity contribution in [3.8, 4) is 11.5 Å². The fourth-order valence-electron chi connectivity index (χ4n) is 3.59. The maximum atomic E-state index is 13.1. The first-order valence-electron chi connectivity index (χ1n) is 9.80. The number of anilines is 1. The minimum Gasteiger partial charge on any atom is -0.441 e. The van der Waals surface area contributed by atoms with Gasteiger partial charge in [-0.3, -0.25) is 9.59 Å². The van der Waals surface area contributed by atoms with Gasteiger partial charge in [0.05, 0.1) is 5.92 Å². The molecular formula is C23H23N3O3. The highest BCUT2D eigenvalue weighted by atomic mass is 16.4. The summed E-state index contributed by atoms with van der Waals surface area (Å²) in [4.78, 5) is 31.8. The van der Waals surface area contributed by atoms with Gasteiger partial charge in [-0.2, -0.15) is 0 Å². The molecule has 0 aliphatic carbocycles. The average Bonchev–Trinajstić information content (AvgIpc) is 3.16. The maximum absolute atomic E-state index is 13.1. The van der Waals surface area contributed by atoms with E-state index in [0.717, 1.165) is 24.1 Å². The van der Waals surface area contributed by atoms with Crippen LogP contribution in [0.2, 0.25) is 0 Å². The lowest BCUT2D eigenvalue weighted by Gasteiger charge is -2.31. The molecule has 1 saturated heterocycles. The summed E-state index contributed by atoms with van der Waals surface area (Å²) in [6.45, 7) is 2.74. The fraction of sp³-hybridized carbons (Fsp3) is 0.261. The zero-order valence-corrected chi connectivity index (χ0v) is 16.3. The Hall–Kier alpha value is -3.41. The molecule has 1 aliphatic rings. The van der Waals surface area contributed by atoms with Gasteiger partial charge in [0, 0.05) is 24.3 Å². The van der Waals surface area contributed by atoms with Gasteiger partial charge < -0.3 is 14.6 Å². The zero-order chi connectivity index (χ0) is 20.2. The number of benzene rings is 2. The summed E-state index contributed by atoms with van der Waals surface area (Å²) in [6, 6.07) is 18.9. The molecule has 6 heteroatoms. The van der Waals surface area contributed by atoms with E-state index in [0.29, 0.717) is 30.4 Å². The van der Waals surface area contributed by atoms with Gasteiger partial charge in [-0.25, -0.2) is 4.98 Å². The van der Waals surface area contributed by atoms with E-state index >= 15 is 0 Å². The molecule has 3 aromatic rings. The van der Waals surface area contributed by atoms with E-state index in [9.17, 15) is 9.59 Å². The minimum atomic E-state index is -0.242. The maximum Gasteiger partial charge on any atom is 0.276 e. The van der Waals surface area contributed by atoms with Crippen molar-refractivity contribution in [2.24, 2.45) is 5.92 Å². The highest BCUT2D eigenvalue weighted by Crippen LogP contribution is 2.25. The van der Waals surface area contributed by atoms with Crippen LogP contribution in [0.5, 0.6) is 0 Å². The number of hydrogen-bond donors (Lipinski definition) is 1. The Bertz CT molecular complexity index is 999. The van der Waals surface area contributed by atoms with E-state index < -0.39 is 0 Å².